The van der Waals surface area contributed by atoms with E-state index in [-0.39, 0.29) is 18.4 Å². The van der Waals surface area contributed by atoms with Gasteiger partial charge in [0, 0.05) is 13.6 Å². The van der Waals surface area contributed by atoms with Gasteiger partial charge < -0.3 is 10.2 Å². The minimum Gasteiger partial charge on any atom is -0.340 e. The molecule has 1 saturated heterocycles. The minimum absolute atomic E-state index is 0.215. The second kappa shape index (κ2) is 7.26. The van der Waals surface area contributed by atoms with Gasteiger partial charge in [0.15, 0.2) is 0 Å². The van der Waals surface area contributed by atoms with E-state index in [9.17, 15) is 14.4 Å². The summed E-state index contributed by atoms with van der Waals surface area (Å²) in [6.07, 6.45) is 1.39. The fourth-order valence-electron chi connectivity index (χ4n) is 2.60. The van der Waals surface area contributed by atoms with Crippen LogP contribution in [-0.2, 0) is 16.1 Å². The van der Waals surface area contributed by atoms with Gasteiger partial charge in [-0.2, -0.15) is 0 Å². The quantitative estimate of drug-likeness (QED) is 0.812. The Labute approximate surface area is 136 Å². The second-order valence-corrected chi connectivity index (χ2v) is 5.89. The Morgan fingerprint density at radius 3 is 2.65 bits per heavy atom. The van der Waals surface area contributed by atoms with E-state index in [1.54, 1.807) is 7.05 Å². The van der Waals surface area contributed by atoms with Gasteiger partial charge >= 0.3 is 6.03 Å². The molecule has 124 valence electrons. The zero-order valence-corrected chi connectivity index (χ0v) is 13.8. The van der Waals surface area contributed by atoms with Crippen LogP contribution in [0.15, 0.2) is 24.3 Å². The molecule has 1 heterocycles. The van der Waals surface area contributed by atoms with Crippen LogP contribution in [0.4, 0.5) is 4.79 Å². The third kappa shape index (κ3) is 3.88. The smallest absolute Gasteiger partial charge is 0.325 e. The molecule has 1 N–H and O–H groups in total. The lowest BCUT2D eigenvalue weighted by Gasteiger charge is -2.21. The number of nitrogens with zero attached hydrogens (tertiary/aromatic N) is 2. The highest BCUT2D eigenvalue weighted by atomic mass is 16.2. The van der Waals surface area contributed by atoms with Gasteiger partial charge in [-0.1, -0.05) is 37.6 Å². The molecular formula is C17H23N3O3. The molecule has 1 aromatic carbocycles. The average Bonchev–Trinajstić information content (AvgIpc) is 2.77. The SMILES string of the molecule is CCC[C@@H]1NC(=O)N(CC(=O)N(C)Cc2ccccc2C)C1=O. The number of amides is 4. The number of carbonyl (C=O) groups is 3. The summed E-state index contributed by atoms with van der Waals surface area (Å²) in [6, 6.07) is 6.84. The van der Waals surface area contributed by atoms with Gasteiger partial charge in [0.2, 0.25) is 5.91 Å². The molecule has 1 fully saturated rings. The van der Waals surface area contributed by atoms with Crippen molar-refractivity contribution in [3.05, 3.63) is 35.4 Å². The van der Waals surface area contributed by atoms with E-state index in [0.717, 1.165) is 22.4 Å². The first-order valence-electron chi connectivity index (χ1n) is 7.84. The molecule has 23 heavy (non-hydrogen) atoms. The minimum atomic E-state index is -0.498. The Morgan fingerprint density at radius 2 is 2.00 bits per heavy atom. The number of hydrogen-bond donors (Lipinski definition) is 1. The van der Waals surface area contributed by atoms with E-state index >= 15 is 0 Å². The Balaban J connectivity index is 1.97. The summed E-state index contributed by atoms with van der Waals surface area (Å²) in [5.74, 6) is -0.566. The Bertz CT molecular complexity index is 615. The van der Waals surface area contributed by atoms with Crippen molar-refractivity contribution < 1.29 is 14.4 Å². The van der Waals surface area contributed by atoms with Gasteiger partial charge in [0.05, 0.1) is 0 Å². The molecule has 0 aromatic heterocycles. The highest BCUT2D eigenvalue weighted by Gasteiger charge is 2.38. The lowest BCUT2D eigenvalue weighted by Crippen LogP contribution is -2.41. The number of urea groups is 1. The summed E-state index contributed by atoms with van der Waals surface area (Å²) < 4.78 is 0. The largest absolute Gasteiger partial charge is 0.340 e. The van der Waals surface area contributed by atoms with Crippen molar-refractivity contribution in [2.75, 3.05) is 13.6 Å². The summed E-state index contributed by atoms with van der Waals surface area (Å²) in [7, 11) is 1.68. The summed E-state index contributed by atoms with van der Waals surface area (Å²) in [4.78, 5) is 38.9. The molecule has 0 saturated carbocycles. The lowest BCUT2D eigenvalue weighted by molar-refractivity contribution is -0.136. The topological polar surface area (TPSA) is 69.7 Å². The third-order valence-electron chi connectivity index (χ3n) is 4.07. The van der Waals surface area contributed by atoms with Crippen LogP contribution in [0.2, 0.25) is 0 Å². The van der Waals surface area contributed by atoms with Gasteiger partial charge in [0.1, 0.15) is 12.6 Å². The van der Waals surface area contributed by atoms with Gasteiger partial charge in [-0.15, -0.1) is 0 Å². The number of rotatable bonds is 6. The van der Waals surface area contributed by atoms with E-state index in [0.29, 0.717) is 13.0 Å². The maximum absolute atomic E-state index is 12.3. The first-order valence-corrected chi connectivity index (χ1v) is 7.84. The summed E-state index contributed by atoms with van der Waals surface area (Å²) in [6.45, 7) is 4.17. The second-order valence-electron chi connectivity index (χ2n) is 5.89. The summed E-state index contributed by atoms with van der Waals surface area (Å²) in [5, 5.41) is 2.62. The Kier molecular flexibility index (Phi) is 5.36. The first-order chi connectivity index (χ1) is 10.9. The van der Waals surface area contributed by atoms with Crippen LogP contribution in [0.25, 0.3) is 0 Å². The fraction of sp³-hybridized carbons (Fsp3) is 0.471. The van der Waals surface area contributed by atoms with Crippen molar-refractivity contribution in [1.82, 2.24) is 15.1 Å². The highest BCUT2D eigenvalue weighted by Crippen LogP contribution is 2.13. The van der Waals surface area contributed by atoms with E-state index < -0.39 is 12.1 Å². The first kappa shape index (κ1) is 17.0. The standard InChI is InChI=1S/C17H23N3O3/c1-4-7-14-16(22)20(17(23)18-14)11-15(21)19(3)10-13-9-6-5-8-12(13)2/h5-6,8-9,14H,4,7,10-11H2,1-3H3,(H,18,23)/t14-/m0/s1. The molecule has 0 bridgehead atoms. The molecule has 0 radical (unpaired) electrons. The average molecular weight is 317 g/mol. The van der Waals surface area contributed by atoms with Crippen molar-refractivity contribution >= 4 is 17.8 Å². The molecule has 1 aliphatic rings. The fourth-order valence-corrected chi connectivity index (χ4v) is 2.60. The van der Waals surface area contributed by atoms with Crippen LogP contribution in [0, 0.1) is 6.92 Å². The van der Waals surface area contributed by atoms with Crippen LogP contribution in [0.1, 0.15) is 30.9 Å². The van der Waals surface area contributed by atoms with Gasteiger partial charge in [-0.05, 0) is 24.5 Å². The lowest BCUT2D eigenvalue weighted by atomic mass is 10.1. The molecule has 6 heteroatoms. The number of likely N-dealkylation sites (N-methyl/N-ethyl adjacent to an activating group) is 1. The number of aryl methyl sites for hydroxylation is 1. The molecule has 4 amide bonds. The number of nitrogens with one attached hydrogen (secondary N) is 1. The zero-order chi connectivity index (χ0) is 17.0. The highest BCUT2D eigenvalue weighted by molar-refractivity contribution is 6.06. The normalized spacial score (nSPS) is 17.3. The molecule has 0 unspecified atom stereocenters. The van der Waals surface area contributed by atoms with Crippen molar-refractivity contribution in [1.29, 1.82) is 0 Å². The monoisotopic (exact) mass is 317 g/mol. The number of benzene rings is 1. The van der Waals surface area contributed by atoms with Crippen molar-refractivity contribution in [2.24, 2.45) is 0 Å². The van der Waals surface area contributed by atoms with E-state index in [1.807, 2.05) is 38.1 Å². The van der Waals surface area contributed by atoms with Crippen molar-refractivity contribution in [3.8, 4) is 0 Å². The molecular weight excluding hydrogens is 294 g/mol. The van der Waals surface area contributed by atoms with E-state index in [1.165, 1.54) is 4.90 Å². The summed E-state index contributed by atoms with van der Waals surface area (Å²) in [5.41, 5.74) is 2.15. The Morgan fingerprint density at radius 1 is 1.30 bits per heavy atom. The maximum Gasteiger partial charge on any atom is 0.325 e. The zero-order valence-electron chi connectivity index (χ0n) is 13.8. The van der Waals surface area contributed by atoms with Gasteiger partial charge in [-0.3, -0.25) is 14.5 Å². The van der Waals surface area contributed by atoms with Crippen LogP contribution in [0.5, 0.6) is 0 Å². The number of carbonyl (C=O) groups excluding carboxylic acids is 3. The summed E-state index contributed by atoms with van der Waals surface area (Å²) >= 11 is 0. The van der Waals surface area contributed by atoms with Crippen molar-refractivity contribution in [3.63, 3.8) is 0 Å². The predicted molar refractivity (Wildman–Crippen MR) is 86.6 cm³/mol. The van der Waals surface area contributed by atoms with E-state index in [2.05, 4.69) is 5.32 Å². The number of imide groups is 1. The molecule has 2 rings (SSSR count). The van der Waals surface area contributed by atoms with Crippen molar-refractivity contribution in [2.45, 2.75) is 39.3 Å². The predicted octanol–water partition coefficient (Wildman–Crippen LogP) is 1.67. The van der Waals surface area contributed by atoms with Crippen LogP contribution in [-0.4, -0.2) is 47.3 Å². The van der Waals surface area contributed by atoms with Crippen LogP contribution in [0.3, 0.4) is 0 Å². The molecule has 0 aliphatic carbocycles. The Hall–Kier alpha value is -2.37. The molecule has 1 aliphatic heterocycles. The van der Waals surface area contributed by atoms with Crippen LogP contribution >= 0.6 is 0 Å². The molecule has 1 aromatic rings. The molecule has 6 nitrogen and oxygen atoms in total. The maximum atomic E-state index is 12.3. The molecule has 0 spiro atoms. The van der Waals surface area contributed by atoms with Crippen LogP contribution < -0.4 is 5.32 Å². The third-order valence-corrected chi connectivity index (χ3v) is 4.07. The number of hydrogen-bond acceptors (Lipinski definition) is 3. The van der Waals surface area contributed by atoms with E-state index in [4.69, 9.17) is 0 Å². The van der Waals surface area contributed by atoms with Gasteiger partial charge in [-0.25, -0.2) is 4.79 Å². The van der Waals surface area contributed by atoms with Gasteiger partial charge in [0.25, 0.3) is 5.91 Å². The molecule has 1 atom stereocenters.